The van der Waals surface area contributed by atoms with E-state index in [9.17, 15) is 0 Å². The van der Waals surface area contributed by atoms with Gasteiger partial charge in [0.25, 0.3) is 0 Å². The number of aliphatic imine (C=N–C) groups is 1. The van der Waals surface area contributed by atoms with Crippen molar-refractivity contribution in [3.8, 4) is 0 Å². The number of nitrogens with one attached hydrogen (secondary N) is 2. The SMILES string of the molecule is CN=C(NCc1ccoc1)NCc1ccc(Br)s1. The Labute approximate surface area is 118 Å². The molecule has 0 fully saturated rings. The van der Waals surface area contributed by atoms with Gasteiger partial charge in [-0.05, 0) is 34.1 Å². The van der Waals surface area contributed by atoms with Crippen LogP contribution in [-0.2, 0) is 13.1 Å². The van der Waals surface area contributed by atoms with Crippen molar-refractivity contribution in [2.24, 2.45) is 4.99 Å². The quantitative estimate of drug-likeness (QED) is 0.670. The van der Waals surface area contributed by atoms with Gasteiger partial charge >= 0.3 is 0 Å². The zero-order valence-corrected chi connectivity index (χ0v) is 12.3. The van der Waals surface area contributed by atoms with Crippen molar-refractivity contribution in [1.82, 2.24) is 10.6 Å². The minimum absolute atomic E-state index is 0.699. The van der Waals surface area contributed by atoms with Gasteiger partial charge in [-0.3, -0.25) is 4.99 Å². The van der Waals surface area contributed by atoms with Crippen LogP contribution in [0.2, 0.25) is 0 Å². The van der Waals surface area contributed by atoms with Crippen LogP contribution in [0.1, 0.15) is 10.4 Å². The summed E-state index contributed by atoms with van der Waals surface area (Å²) in [6.07, 6.45) is 3.38. The monoisotopic (exact) mass is 327 g/mol. The van der Waals surface area contributed by atoms with E-state index in [1.54, 1.807) is 30.9 Å². The summed E-state index contributed by atoms with van der Waals surface area (Å²) in [7, 11) is 1.76. The van der Waals surface area contributed by atoms with E-state index in [4.69, 9.17) is 4.42 Å². The Kier molecular flexibility index (Phi) is 4.83. The summed E-state index contributed by atoms with van der Waals surface area (Å²) in [5.74, 6) is 0.778. The second-order valence-corrected chi connectivity index (χ2v) is 6.16. The molecule has 0 bridgehead atoms. The largest absolute Gasteiger partial charge is 0.472 e. The van der Waals surface area contributed by atoms with Crippen LogP contribution in [0.3, 0.4) is 0 Å². The Morgan fingerprint density at radius 1 is 1.33 bits per heavy atom. The highest BCUT2D eigenvalue weighted by molar-refractivity contribution is 9.11. The lowest BCUT2D eigenvalue weighted by Crippen LogP contribution is -2.36. The number of guanidine groups is 1. The molecule has 2 aromatic rings. The summed E-state index contributed by atoms with van der Waals surface area (Å²) in [5.41, 5.74) is 1.09. The number of hydrogen-bond acceptors (Lipinski definition) is 3. The molecule has 0 saturated heterocycles. The predicted molar refractivity (Wildman–Crippen MR) is 77.8 cm³/mol. The molecule has 0 saturated carbocycles. The highest BCUT2D eigenvalue weighted by atomic mass is 79.9. The lowest BCUT2D eigenvalue weighted by molar-refractivity contribution is 0.563. The van der Waals surface area contributed by atoms with Crippen LogP contribution < -0.4 is 10.6 Å². The third-order valence-corrected chi connectivity index (χ3v) is 3.95. The maximum atomic E-state index is 5.01. The molecule has 2 rings (SSSR count). The molecule has 0 spiro atoms. The van der Waals surface area contributed by atoms with Gasteiger partial charge in [0.05, 0.1) is 22.9 Å². The maximum absolute atomic E-state index is 5.01. The molecule has 0 unspecified atom stereocenters. The van der Waals surface area contributed by atoms with E-state index in [0.717, 1.165) is 21.9 Å². The fraction of sp³-hybridized carbons (Fsp3) is 0.250. The minimum atomic E-state index is 0.699. The van der Waals surface area contributed by atoms with Crippen molar-refractivity contribution < 1.29 is 4.42 Å². The van der Waals surface area contributed by atoms with Crippen LogP contribution in [0, 0.1) is 0 Å². The van der Waals surface area contributed by atoms with Gasteiger partial charge in [0, 0.05) is 24.0 Å². The normalized spacial score (nSPS) is 11.6. The van der Waals surface area contributed by atoms with Crippen LogP contribution in [0.4, 0.5) is 0 Å². The number of nitrogens with zero attached hydrogens (tertiary/aromatic N) is 1. The zero-order chi connectivity index (χ0) is 12.8. The van der Waals surface area contributed by atoms with E-state index in [2.05, 4.69) is 37.6 Å². The van der Waals surface area contributed by atoms with Gasteiger partial charge in [-0.15, -0.1) is 11.3 Å². The molecule has 0 aromatic carbocycles. The van der Waals surface area contributed by atoms with Gasteiger partial charge in [0.15, 0.2) is 5.96 Å². The fourth-order valence-electron chi connectivity index (χ4n) is 1.42. The lowest BCUT2D eigenvalue weighted by Gasteiger charge is -2.10. The van der Waals surface area contributed by atoms with E-state index < -0.39 is 0 Å². The van der Waals surface area contributed by atoms with Crippen LogP contribution in [0.5, 0.6) is 0 Å². The van der Waals surface area contributed by atoms with Gasteiger partial charge < -0.3 is 15.1 Å². The van der Waals surface area contributed by atoms with Gasteiger partial charge in [0.1, 0.15) is 0 Å². The molecule has 6 heteroatoms. The molecule has 2 aromatic heterocycles. The number of furan rings is 1. The zero-order valence-electron chi connectivity index (χ0n) is 9.94. The summed E-state index contributed by atoms with van der Waals surface area (Å²) in [6, 6.07) is 6.06. The first kappa shape index (κ1) is 13.2. The maximum Gasteiger partial charge on any atom is 0.191 e. The highest BCUT2D eigenvalue weighted by Gasteiger charge is 2.01. The van der Waals surface area contributed by atoms with E-state index >= 15 is 0 Å². The molecule has 0 aliphatic carbocycles. The average molecular weight is 328 g/mol. The highest BCUT2D eigenvalue weighted by Crippen LogP contribution is 2.21. The molecule has 0 aliphatic heterocycles. The van der Waals surface area contributed by atoms with Crippen LogP contribution >= 0.6 is 27.3 Å². The summed E-state index contributed by atoms with van der Waals surface area (Å²) in [5, 5.41) is 6.48. The summed E-state index contributed by atoms with van der Waals surface area (Å²) in [6.45, 7) is 1.46. The van der Waals surface area contributed by atoms with Crippen LogP contribution in [-0.4, -0.2) is 13.0 Å². The molecule has 0 atom stereocenters. The molecule has 0 aliphatic rings. The molecule has 0 radical (unpaired) electrons. The van der Waals surface area contributed by atoms with Crippen molar-refractivity contribution in [3.63, 3.8) is 0 Å². The molecule has 2 heterocycles. The van der Waals surface area contributed by atoms with Gasteiger partial charge in [0.2, 0.25) is 0 Å². The van der Waals surface area contributed by atoms with E-state index in [1.165, 1.54) is 4.88 Å². The number of thiophene rings is 1. The molecule has 2 N–H and O–H groups in total. The molecular weight excluding hydrogens is 314 g/mol. The topological polar surface area (TPSA) is 49.6 Å². The Balaban J connectivity index is 1.79. The molecule has 96 valence electrons. The van der Waals surface area contributed by atoms with E-state index in [-0.39, 0.29) is 0 Å². The fourth-order valence-corrected chi connectivity index (χ4v) is 2.84. The van der Waals surface area contributed by atoms with Crippen molar-refractivity contribution in [1.29, 1.82) is 0 Å². The molecule has 18 heavy (non-hydrogen) atoms. The molecular formula is C12H14BrN3OS. The predicted octanol–water partition coefficient (Wildman–Crippen LogP) is 2.97. The second kappa shape index (κ2) is 6.61. The summed E-state index contributed by atoms with van der Waals surface area (Å²) < 4.78 is 6.15. The summed E-state index contributed by atoms with van der Waals surface area (Å²) in [4.78, 5) is 5.42. The van der Waals surface area contributed by atoms with Crippen molar-refractivity contribution in [2.45, 2.75) is 13.1 Å². The third-order valence-electron chi connectivity index (χ3n) is 2.32. The number of rotatable bonds is 4. The summed E-state index contributed by atoms with van der Waals surface area (Å²) >= 11 is 5.16. The molecule has 4 nitrogen and oxygen atoms in total. The van der Waals surface area contributed by atoms with Crippen LogP contribution in [0.25, 0.3) is 0 Å². The Hall–Kier alpha value is -1.27. The minimum Gasteiger partial charge on any atom is -0.472 e. The van der Waals surface area contributed by atoms with Crippen molar-refractivity contribution >= 4 is 33.2 Å². The lowest BCUT2D eigenvalue weighted by atomic mass is 10.3. The Bertz CT molecular complexity index is 507. The van der Waals surface area contributed by atoms with Crippen LogP contribution in [0.15, 0.2) is 43.9 Å². The van der Waals surface area contributed by atoms with Gasteiger partial charge in [-0.25, -0.2) is 0 Å². The standard InChI is InChI=1S/C12H14BrN3OS/c1-14-12(15-6-9-4-5-17-8-9)16-7-10-2-3-11(13)18-10/h2-5,8H,6-7H2,1H3,(H2,14,15,16). The van der Waals surface area contributed by atoms with E-state index in [1.807, 2.05) is 12.1 Å². The first-order valence-electron chi connectivity index (χ1n) is 5.48. The van der Waals surface area contributed by atoms with Gasteiger partial charge in [-0.1, -0.05) is 0 Å². The first-order chi connectivity index (χ1) is 8.78. The Morgan fingerprint density at radius 2 is 2.17 bits per heavy atom. The first-order valence-corrected chi connectivity index (χ1v) is 7.08. The smallest absolute Gasteiger partial charge is 0.191 e. The van der Waals surface area contributed by atoms with Gasteiger partial charge in [-0.2, -0.15) is 0 Å². The number of hydrogen-bond donors (Lipinski definition) is 2. The van der Waals surface area contributed by atoms with E-state index in [0.29, 0.717) is 6.54 Å². The van der Waals surface area contributed by atoms with Crippen molar-refractivity contribution in [3.05, 3.63) is 45.0 Å². The second-order valence-electron chi connectivity index (χ2n) is 3.62. The number of halogens is 1. The average Bonchev–Trinajstić information content (AvgIpc) is 3.01. The van der Waals surface area contributed by atoms with Crippen molar-refractivity contribution in [2.75, 3.05) is 7.05 Å². The Morgan fingerprint density at radius 3 is 2.78 bits per heavy atom. The molecule has 0 amide bonds. The third kappa shape index (κ3) is 3.89.